The van der Waals surface area contributed by atoms with E-state index in [1.807, 2.05) is 18.2 Å². The van der Waals surface area contributed by atoms with Crippen molar-refractivity contribution in [3.8, 4) is 23.3 Å². The van der Waals surface area contributed by atoms with Gasteiger partial charge < -0.3 is 41.0 Å². The standard InChI is InChI=1S/C40H54N3O6/c1-2-27-9-3-4-12-32(45)30(11-7-10-27)33(46)16-14-28-15-17-34(47)36(23-28)49-37(35(48)26-44)25-31(29-18-22-43-39(41)24-29)40(19-5-6-20-40)38-13-8-21-42-38/h8,13,15,17-18,21-24,27,30-33,35,37,44-48H,2-6,9,11-12,14,16,19-20,25-26H2,1H3,(H2,41,43)/q-1. The van der Waals surface area contributed by atoms with Crippen LogP contribution in [0.2, 0.25) is 0 Å². The molecule has 1 aromatic carbocycles. The van der Waals surface area contributed by atoms with E-state index in [9.17, 15) is 25.5 Å². The average Bonchev–Trinajstić information content (AvgIpc) is 3.83. The van der Waals surface area contributed by atoms with E-state index in [1.165, 1.54) is 0 Å². The Balaban J connectivity index is 1.36. The van der Waals surface area contributed by atoms with Gasteiger partial charge in [0, 0.05) is 24.5 Å². The number of nitrogen functional groups attached to an aromatic ring is 1. The van der Waals surface area contributed by atoms with Gasteiger partial charge in [0.1, 0.15) is 18.0 Å². The first kappa shape index (κ1) is 36.7. The number of hydrogen-bond donors (Lipinski definition) is 6. The third-order valence-electron chi connectivity index (χ3n) is 11.0. The average molecular weight is 673 g/mol. The summed E-state index contributed by atoms with van der Waals surface area (Å²) >= 11 is 0. The molecule has 0 bridgehead atoms. The van der Waals surface area contributed by atoms with E-state index in [0.29, 0.717) is 43.8 Å². The zero-order valence-electron chi connectivity index (χ0n) is 28.8. The molecule has 3 aromatic rings. The summed E-state index contributed by atoms with van der Waals surface area (Å²) in [5.41, 5.74) is 8.62. The van der Waals surface area contributed by atoms with Gasteiger partial charge in [-0.25, -0.2) is 4.98 Å². The number of aromatic nitrogens is 2. The van der Waals surface area contributed by atoms with Gasteiger partial charge in [-0.2, -0.15) is 11.9 Å². The van der Waals surface area contributed by atoms with E-state index in [0.717, 1.165) is 68.2 Å². The fraction of sp³-hybridized carbons (Fsp3) is 0.575. The highest BCUT2D eigenvalue weighted by molar-refractivity contribution is 5.43. The van der Waals surface area contributed by atoms with Gasteiger partial charge >= 0.3 is 0 Å². The van der Waals surface area contributed by atoms with Crippen molar-refractivity contribution in [3.63, 3.8) is 0 Å². The maximum absolute atomic E-state index is 11.2. The Morgan fingerprint density at radius 2 is 1.88 bits per heavy atom. The molecule has 1 fully saturated rings. The van der Waals surface area contributed by atoms with E-state index >= 15 is 0 Å². The second kappa shape index (κ2) is 17.4. The number of aromatic hydroxyl groups is 1. The summed E-state index contributed by atoms with van der Waals surface area (Å²) in [6.07, 6.45) is 10.3. The van der Waals surface area contributed by atoms with Crippen LogP contribution in [0.1, 0.15) is 107 Å². The quantitative estimate of drug-likeness (QED) is 0.124. The van der Waals surface area contributed by atoms with Crippen molar-refractivity contribution in [1.82, 2.24) is 9.97 Å². The summed E-state index contributed by atoms with van der Waals surface area (Å²) in [6.45, 7) is 1.63. The molecule has 2 heterocycles. The molecule has 266 valence electrons. The molecule has 0 aliphatic heterocycles. The minimum absolute atomic E-state index is 0.0825. The minimum atomic E-state index is -1.22. The van der Waals surface area contributed by atoms with Crippen LogP contribution in [0.25, 0.3) is 0 Å². The molecule has 0 radical (unpaired) electrons. The van der Waals surface area contributed by atoms with Crippen LogP contribution in [0.4, 0.5) is 5.82 Å². The summed E-state index contributed by atoms with van der Waals surface area (Å²) in [5.74, 6) is 6.98. The van der Waals surface area contributed by atoms with Crippen molar-refractivity contribution < 1.29 is 30.3 Å². The van der Waals surface area contributed by atoms with Crippen LogP contribution in [0.15, 0.2) is 54.9 Å². The van der Waals surface area contributed by atoms with E-state index in [2.05, 4.69) is 29.8 Å². The van der Waals surface area contributed by atoms with E-state index in [1.54, 1.807) is 30.6 Å². The Bertz CT molecular complexity index is 1510. The number of pyridine rings is 1. The van der Waals surface area contributed by atoms with Crippen molar-refractivity contribution >= 4 is 5.82 Å². The number of nitrogens with two attached hydrogens (primary N) is 1. The topological polar surface area (TPSA) is 163 Å². The van der Waals surface area contributed by atoms with Crippen molar-refractivity contribution in [3.05, 3.63) is 71.7 Å². The highest BCUT2D eigenvalue weighted by atomic mass is 16.5. The summed E-state index contributed by atoms with van der Waals surface area (Å²) in [5, 5.41) is 54.3. The number of rotatable bonds is 14. The maximum Gasteiger partial charge on any atom is 0.161 e. The van der Waals surface area contributed by atoms with Crippen molar-refractivity contribution in [1.29, 1.82) is 0 Å². The molecule has 0 amide bonds. The van der Waals surface area contributed by atoms with Gasteiger partial charge in [-0.05, 0) is 98.1 Å². The van der Waals surface area contributed by atoms with Crippen LogP contribution in [0, 0.1) is 23.7 Å². The molecule has 0 saturated heterocycles. The number of aliphatic hydroxyl groups excluding tert-OH is 4. The molecule has 1 saturated carbocycles. The molecule has 2 aliphatic rings. The fourth-order valence-corrected chi connectivity index (χ4v) is 8.07. The first-order chi connectivity index (χ1) is 23.7. The zero-order valence-corrected chi connectivity index (χ0v) is 28.8. The Hall–Kier alpha value is -3.55. The van der Waals surface area contributed by atoms with Crippen LogP contribution < -0.4 is 15.5 Å². The van der Waals surface area contributed by atoms with Crippen LogP contribution >= 0.6 is 0 Å². The third kappa shape index (κ3) is 9.17. The molecule has 5 rings (SSSR count). The Labute approximate surface area is 291 Å². The van der Waals surface area contributed by atoms with Gasteiger partial charge in [-0.15, -0.1) is 5.92 Å². The zero-order chi connectivity index (χ0) is 34.8. The van der Waals surface area contributed by atoms with Gasteiger partial charge in [0.05, 0.1) is 18.8 Å². The van der Waals surface area contributed by atoms with Crippen molar-refractivity contribution in [2.45, 2.75) is 126 Å². The Morgan fingerprint density at radius 3 is 2.59 bits per heavy atom. The minimum Gasteiger partial charge on any atom is -0.667 e. The van der Waals surface area contributed by atoms with E-state index < -0.39 is 31.0 Å². The molecule has 7 atom stereocenters. The van der Waals surface area contributed by atoms with E-state index in [4.69, 9.17) is 15.5 Å². The van der Waals surface area contributed by atoms with Gasteiger partial charge in [-0.1, -0.05) is 56.7 Å². The summed E-state index contributed by atoms with van der Waals surface area (Å²) in [4.78, 5) is 8.95. The molecule has 9 nitrogen and oxygen atoms in total. The smallest absolute Gasteiger partial charge is 0.161 e. The molecule has 9 heteroatoms. The Morgan fingerprint density at radius 1 is 1.08 bits per heavy atom. The number of benzene rings is 1. The van der Waals surface area contributed by atoms with Gasteiger partial charge in [0.25, 0.3) is 0 Å². The van der Waals surface area contributed by atoms with Crippen LogP contribution in [0.5, 0.6) is 11.5 Å². The largest absolute Gasteiger partial charge is 0.667 e. The second-order valence-corrected chi connectivity index (χ2v) is 14.1. The molecule has 7 N–H and O–H groups in total. The number of phenolic OH excluding ortho intramolecular Hbond substituents is 1. The number of ether oxygens (including phenoxy) is 1. The van der Waals surface area contributed by atoms with Crippen LogP contribution in [-0.2, 0) is 11.8 Å². The number of aliphatic hydroxyl groups is 4. The van der Waals surface area contributed by atoms with E-state index in [-0.39, 0.29) is 28.7 Å². The number of hydrogen-bond acceptors (Lipinski definition) is 8. The van der Waals surface area contributed by atoms with Crippen molar-refractivity contribution in [2.75, 3.05) is 12.3 Å². The molecule has 2 aromatic heterocycles. The summed E-state index contributed by atoms with van der Waals surface area (Å²) < 4.78 is 6.41. The van der Waals surface area contributed by atoms with Gasteiger partial charge in [-0.3, -0.25) is 0 Å². The summed E-state index contributed by atoms with van der Waals surface area (Å²) in [6, 6.07) is 12.9. The molecular formula is C40H54N3O6-. The molecule has 49 heavy (non-hydrogen) atoms. The lowest BCUT2D eigenvalue weighted by molar-refractivity contribution is -0.0123. The highest BCUT2D eigenvalue weighted by Crippen LogP contribution is 2.52. The molecule has 7 unspecified atom stereocenters. The SMILES string of the molecule is CCC1C#CCC(C(O)CCc2ccc(O)c(OC(CC(c3ccnc(N)c3)C3(c4ccc[n-]4)CCCC3)C(O)CO)c2)C(O)CCCC1. The lowest BCUT2D eigenvalue weighted by atomic mass is 9.66. The monoisotopic (exact) mass is 672 g/mol. The second-order valence-electron chi connectivity index (χ2n) is 14.1. The maximum atomic E-state index is 11.2. The number of aryl methyl sites for hydroxylation is 1. The van der Waals surface area contributed by atoms with Crippen LogP contribution in [-0.4, -0.2) is 61.5 Å². The number of nitrogens with zero attached hydrogens (tertiary/aromatic N) is 2. The lowest BCUT2D eigenvalue weighted by Gasteiger charge is -2.43. The lowest BCUT2D eigenvalue weighted by Crippen LogP contribution is -2.41. The highest BCUT2D eigenvalue weighted by Gasteiger charge is 2.43. The van der Waals surface area contributed by atoms with Gasteiger partial charge in [0.2, 0.25) is 0 Å². The molecule has 0 spiro atoms. The number of phenols is 1. The van der Waals surface area contributed by atoms with Crippen molar-refractivity contribution in [2.24, 2.45) is 11.8 Å². The first-order valence-electron chi connectivity index (χ1n) is 18.2. The predicted molar refractivity (Wildman–Crippen MR) is 190 cm³/mol. The van der Waals surface area contributed by atoms with Crippen LogP contribution in [0.3, 0.4) is 0 Å². The normalized spacial score (nSPS) is 23.5. The molecule has 2 aliphatic carbocycles. The third-order valence-corrected chi connectivity index (χ3v) is 11.0. The predicted octanol–water partition coefficient (Wildman–Crippen LogP) is 5.38. The summed E-state index contributed by atoms with van der Waals surface area (Å²) in [7, 11) is 0. The fourth-order valence-electron chi connectivity index (χ4n) is 8.07. The first-order valence-corrected chi connectivity index (χ1v) is 18.2. The Kier molecular flexibility index (Phi) is 13.0. The number of anilines is 1. The van der Waals surface area contributed by atoms with Gasteiger partial charge in [0.15, 0.2) is 11.5 Å². The molecular weight excluding hydrogens is 618 g/mol.